The van der Waals surface area contributed by atoms with Gasteiger partial charge in [0.2, 0.25) is 0 Å². The molecule has 0 saturated carbocycles. The van der Waals surface area contributed by atoms with E-state index in [4.69, 9.17) is 5.11 Å². The second-order valence-corrected chi connectivity index (χ2v) is 7.96. The largest absolute Gasteiger partial charge is 0.384 e. The Labute approximate surface area is 118 Å². The van der Waals surface area contributed by atoms with Crippen LogP contribution in [0.15, 0.2) is 11.4 Å². The molecule has 1 aromatic heterocycles. The van der Waals surface area contributed by atoms with E-state index < -0.39 is 9.84 Å². The van der Waals surface area contributed by atoms with Crippen molar-refractivity contribution in [3.8, 4) is 11.8 Å². The van der Waals surface area contributed by atoms with Crippen molar-refractivity contribution in [3.05, 3.63) is 21.9 Å². The van der Waals surface area contributed by atoms with Crippen molar-refractivity contribution in [3.63, 3.8) is 0 Å². The summed E-state index contributed by atoms with van der Waals surface area (Å²) in [7, 11) is -0.865. The first-order valence-corrected chi connectivity index (χ1v) is 8.78. The highest BCUT2D eigenvalue weighted by molar-refractivity contribution is 7.91. The lowest BCUT2D eigenvalue weighted by molar-refractivity contribution is 0.256. The molecule has 0 amide bonds. The fourth-order valence-electron chi connectivity index (χ4n) is 2.17. The number of thiophene rings is 1. The van der Waals surface area contributed by atoms with Crippen LogP contribution < -0.4 is 0 Å². The second-order valence-electron chi connectivity index (χ2n) is 4.73. The van der Waals surface area contributed by atoms with E-state index in [2.05, 4.69) is 16.7 Å². The van der Waals surface area contributed by atoms with E-state index in [0.29, 0.717) is 5.75 Å². The molecule has 0 bridgehead atoms. The zero-order chi connectivity index (χ0) is 13.9. The SMILES string of the molecule is CN(Cc1cc(C#CCO)cs1)[C@H]1CCS(=O)(=O)C1. The van der Waals surface area contributed by atoms with Crippen LogP contribution in [-0.2, 0) is 16.4 Å². The number of aliphatic hydroxyl groups excluding tert-OH is 1. The lowest BCUT2D eigenvalue weighted by Crippen LogP contribution is -2.31. The van der Waals surface area contributed by atoms with E-state index in [1.54, 1.807) is 11.3 Å². The Morgan fingerprint density at radius 1 is 1.58 bits per heavy atom. The number of hydrogen-bond donors (Lipinski definition) is 1. The van der Waals surface area contributed by atoms with Crippen LogP contribution in [0.3, 0.4) is 0 Å². The molecular weight excluding hydrogens is 282 g/mol. The average Bonchev–Trinajstić information content (AvgIpc) is 2.93. The molecule has 1 fully saturated rings. The number of nitrogens with zero attached hydrogens (tertiary/aromatic N) is 1. The summed E-state index contributed by atoms with van der Waals surface area (Å²) >= 11 is 1.61. The molecule has 1 N–H and O–H groups in total. The molecular formula is C13H17NO3S2. The summed E-state index contributed by atoms with van der Waals surface area (Å²) < 4.78 is 22.9. The fourth-order valence-corrected chi connectivity index (χ4v) is 4.85. The molecule has 1 aliphatic heterocycles. The van der Waals surface area contributed by atoms with Gasteiger partial charge in [0, 0.05) is 28.4 Å². The summed E-state index contributed by atoms with van der Waals surface area (Å²) in [6.45, 7) is 0.608. The normalized spacial score (nSPS) is 21.3. The Kier molecular flexibility index (Phi) is 4.63. The van der Waals surface area contributed by atoms with Gasteiger partial charge in [-0.3, -0.25) is 4.90 Å². The van der Waals surface area contributed by atoms with Gasteiger partial charge in [-0.05, 0) is 19.5 Å². The van der Waals surface area contributed by atoms with E-state index in [1.807, 2.05) is 18.5 Å². The van der Waals surface area contributed by atoms with Crippen molar-refractivity contribution >= 4 is 21.2 Å². The molecule has 1 aromatic rings. The summed E-state index contributed by atoms with van der Waals surface area (Å²) in [4.78, 5) is 3.26. The maximum atomic E-state index is 11.5. The van der Waals surface area contributed by atoms with Gasteiger partial charge in [-0.25, -0.2) is 8.42 Å². The van der Waals surface area contributed by atoms with Crippen LogP contribution in [0.5, 0.6) is 0 Å². The molecule has 1 atom stereocenters. The third-order valence-electron chi connectivity index (χ3n) is 3.20. The lowest BCUT2D eigenvalue weighted by atomic mass is 10.2. The van der Waals surface area contributed by atoms with E-state index in [1.165, 1.54) is 0 Å². The molecule has 1 aliphatic rings. The highest BCUT2D eigenvalue weighted by Crippen LogP contribution is 2.21. The van der Waals surface area contributed by atoms with E-state index in [9.17, 15) is 8.42 Å². The van der Waals surface area contributed by atoms with Crippen molar-refractivity contribution < 1.29 is 13.5 Å². The minimum atomic E-state index is -2.83. The zero-order valence-electron chi connectivity index (χ0n) is 10.8. The maximum absolute atomic E-state index is 11.5. The van der Waals surface area contributed by atoms with E-state index >= 15 is 0 Å². The molecule has 0 aromatic carbocycles. The molecule has 104 valence electrons. The third-order valence-corrected chi connectivity index (χ3v) is 5.87. The lowest BCUT2D eigenvalue weighted by Gasteiger charge is -2.22. The van der Waals surface area contributed by atoms with Gasteiger partial charge in [-0.1, -0.05) is 11.8 Å². The van der Waals surface area contributed by atoms with Crippen LogP contribution >= 0.6 is 11.3 Å². The van der Waals surface area contributed by atoms with Crippen LogP contribution in [0, 0.1) is 11.8 Å². The number of sulfone groups is 1. The van der Waals surface area contributed by atoms with Gasteiger partial charge in [-0.2, -0.15) is 0 Å². The van der Waals surface area contributed by atoms with Crippen LogP contribution in [0.25, 0.3) is 0 Å². The summed E-state index contributed by atoms with van der Waals surface area (Å²) in [5.74, 6) is 6.06. The molecule has 0 spiro atoms. The first-order valence-electron chi connectivity index (χ1n) is 6.08. The molecule has 6 heteroatoms. The Hall–Kier alpha value is -0.870. The van der Waals surface area contributed by atoms with Crippen LogP contribution in [0.2, 0.25) is 0 Å². The number of aliphatic hydroxyl groups is 1. The molecule has 1 saturated heterocycles. The smallest absolute Gasteiger partial charge is 0.151 e. The quantitative estimate of drug-likeness (QED) is 0.835. The van der Waals surface area contributed by atoms with Gasteiger partial charge in [-0.15, -0.1) is 11.3 Å². The van der Waals surface area contributed by atoms with Crippen molar-refractivity contribution in [2.24, 2.45) is 0 Å². The van der Waals surface area contributed by atoms with Gasteiger partial charge < -0.3 is 5.11 Å². The number of rotatable bonds is 3. The highest BCUT2D eigenvalue weighted by atomic mass is 32.2. The van der Waals surface area contributed by atoms with Gasteiger partial charge >= 0.3 is 0 Å². The van der Waals surface area contributed by atoms with Crippen molar-refractivity contribution in [1.29, 1.82) is 0 Å². The Balaban J connectivity index is 1.96. The monoisotopic (exact) mass is 299 g/mol. The summed E-state index contributed by atoms with van der Waals surface area (Å²) in [5.41, 5.74) is 0.904. The predicted octanol–water partition coefficient (Wildman–Crippen LogP) is 0.711. The standard InChI is InChI=1S/C13H17NO3S2/c1-14(12-4-6-19(16,17)10-12)8-13-7-11(9-18-13)3-2-5-15/h7,9,12,15H,4-6,8,10H2,1H3/t12-/m0/s1. The van der Waals surface area contributed by atoms with Crippen LogP contribution in [0.1, 0.15) is 16.9 Å². The van der Waals surface area contributed by atoms with E-state index in [-0.39, 0.29) is 18.4 Å². The van der Waals surface area contributed by atoms with Gasteiger partial charge in [0.25, 0.3) is 0 Å². The topological polar surface area (TPSA) is 57.6 Å². The van der Waals surface area contributed by atoms with Gasteiger partial charge in [0.05, 0.1) is 11.5 Å². The second kappa shape index (κ2) is 6.06. The molecule has 2 heterocycles. The summed E-state index contributed by atoms with van der Waals surface area (Å²) in [6.07, 6.45) is 0.724. The molecule has 2 rings (SSSR count). The first kappa shape index (κ1) is 14.5. The van der Waals surface area contributed by atoms with Crippen molar-refractivity contribution in [2.75, 3.05) is 25.2 Å². The Bertz CT molecular complexity index is 595. The Morgan fingerprint density at radius 3 is 3.00 bits per heavy atom. The molecule has 19 heavy (non-hydrogen) atoms. The van der Waals surface area contributed by atoms with Crippen LogP contribution in [-0.4, -0.2) is 49.6 Å². The fraction of sp³-hybridized carbons (Fsp3) is 0.538. The van der Waals surface area contributed by atoms with Crippen molar-refractivity contribution in [2.45, 2.75) is 19.0 Å². The zero-order valence-corrected chi connectivity index (χ0v) is 12.4. The highest BCUT2D eigenvalue weighted by Gasteiger charge is 2.30. The third kappa shape index (κ3) is 4.05. The molecule has 4 nitrogen and oxygen atoms in total. The van der Waals surface area contributed by atoms with Crippen molar-refractivity contribution in [1.82, 2.24) is 4.90 Å². The van der Waals surface area contributed by atoms with Gasteiger partial charge in [0.1, 0.15) is 6.61 Å². The molecule has 0 radical (unpaired) electrons. The minimum Gasteiger partial charge on any atom is -0.384 e. The predicted molar refractivity (Wildman–Crippen MR) is 76.8 cm³/mol. The van der Waals surface area contributed by atoms with E-state index in [0.717, 1.165) is 23.4 Å². The van der Waals surface area contributed by atoms with Gasteiger partial charge in [0.15, 0.2) is 9.84 Å². The number of hydrogen-bond acceptors (Lipinski definition) is 5. The minimum absolute atomic E-state index is 0.124. The molecule has 0 aliphatic carbocycles. The maximum Gasteiger partial charge on any atom is 0.151 e. The first-order chi connectivity index (χ1) is 9.00. The average molecular weight is 299 g/mol. The molecule has 0 unspecified atom stereocenters. The summed E-state index contributed by atoms with van der Waals surface area (Å²) in [6, 6.07) is 2.12. The van der Waals surface area contributed by atoms with Crippen LogP contribution in [0.4, 0.5) is 0 Å². The summed E-state index contributed by atoms with van der Waals surface area (Å²) in [5, 5.41) is 10.6. The Morgan fingerprint density at radius 2 is 2.37 bits per heavy atom.